The summed E-state index contributed by atoms with van der Waals surface area (Å²) in [7, 11) is 0. The van der Waals surface area contributed by atoms with Crippen LogP contribution in [0.5, 0.6) is 0 Å². The molecule has 0 saturated carbocycles. The van der Waals surface area contributed by atoms with E-state index in [9.17, 15) is 14.9 Å². The number of nitrogens with zero attached hydrogens (tertiary/aromatic N) is 1. The Hall–Kier alpha value is -2.69. The molecule has 0 spiro atoms. The van der Waals surface area contributed by atoms with E-state index in [1.165, 1.54) is 12.1 Å². The van der Waals surface area contributed by atoms with E-state index in [0.29, 0.717) is 0 Å². The van der Waals surface area contributed by atoms with Crippen LogP contribution >= 0.6 is 0 Å². The minimum Gasteiger partial charge on any atom is -0.461 e. The van der Waals surface area contributed by atoms with Crippen molar-refractivity contribution in [2.45, 2.75) is 20.0 Å². The fraction of sp³-hybridized carbons (Fsp3) is 0.188. The second-order valence-electron chi connectivity index (χ2n) is 4.75. The lowest BCUT2D eigenvalue weighted by Crippen LogP contribution is -2.08. The molecule has 5 heteroatoms. The number of aryl methyl sites for hydroxylation is 1. The van der Waals surface area contributed by atoms with Crippen LogP contribution in [-0.2, 0) is 22.6 Å². The average Bonchev–Trinajstić information content (AvgIpc) is 2.48. The molecule has 0 radical (unpaired) electrons. The third kappa shape index (κ3) is 4.42. The largest absolute Gasteiger partial charge is 0.461 e. The van der Waals surface area contributed by atoms with E-state index in [0.717, 1.165) is 16.7 Å². The standard InChI is InChI=1S/C16H15NO4/c1-12-2-4-13(5-3-12)10-16(18)21-11-14-6-8-15(9-7-14)17(19)20/h2-9H,10-11H2,1H3. The number of hydrogen-bond acceptors (Lipinski definition) is 4. The highest BCUT2D eigenvalue weighted by Crippen LogP contribution is 2.13. The van der Waals surface area contributed by atoms with Crippen LogP contribution in [0.1, 0.15) is 16.7 Å². The molecule has 5 nitrogen and oxygen atoms in total. The zero-order chi connectivity index (χ0) is 15.2. The van der Waals surface area contributed by atoms with Crippen LogP contribution in [0.3, 0.4) is 0 Å². The fourth-order valence-electron chi connectivity index (χ4n) is 1.80. The molecule has 0 fully saturated rings. The Morgan fingerprint density at radius 1 is 1.05 bits per heavy atom. The van der Waals surface area contributed by atoms with Crippen LogP contribution < -0.4 is 0 Å². The maximum Gasteiger partial charge on any atom is 0.310 e. The third-order valence-corrected chi connectivity index (χ3v) is 3.02. The van der Waals surface area contributed by atoms with Gasteiger partial charge in [0.05, 0.1) is 11.3 Å². The number of rotatable bonds is 5. The summed E-state index contributed by atoms with van der Waals surface area (Å²) in [6.45, 7) is 2.10. The summed E-state index contributed by atoms with van der Waals surface area (Å²) in [5.41, 5.74) is 2.77. The molecule has 21 heavy (non-hydrogen) atoms. The molecule has 2 aromatic carbocycles. The predicted octanol–water partition coefficient (Wildman–Crippen LogP) is 3.19. The van der Waals surface area contributed by atoms with Crippen molar-refractivity contribution in [3.8, 4) is 0 Å². The lowest BCUT2D eigenvalue weighted by atomic mass is 10.1. The van der Waals surface area contributed by atoms with E-state index in [1.54, 1.807) is 12.1 Å². The Labute approximate surface area is 122 Å². The van der Waals surface area contributed by atoms with E-state index < -0.39 is 4.92 Å². The van der Waals surface area contributed by atoms with E-state index in [1.807, 2.05) is 31.2 Å². The van der Waals surface area contributed by atoms with Gasteiger partial charge < -0.3 is 4.74 Å². The minimum absolute atomic E-state index is 0.0183. The molecule has 0 amide bonds. The number of ether oxygens (including phenoxy) is 1. The molecule has 0 N–H and O–H groups in total. The Morgan fingerprint density at radius 2 is 1.62 bits per heavy atom. The molecule has 108 valence electrons. The lowest BCUT2D eigenvalue weighted by molar-refractivity contribution is -0.384. The molecule has 0 aliphatic carbocycles. The number of nitro benzene ring substituents is 1. The molecule has 0 aromatic heterocycles. The first kappa shape index (κ1) is 14.7. The Bertz CT molecular complexity index is 632. The van der Waals surface area contributed by atoms with Crippen LogP contribution in [0, 0.1) is 17.0 Å². The zero-order valence-electron chi connectivity index (χ0n) is 11.6. The number of benzene rings is 2. The number of non-ortho nitro benzene ring substituents is 1. The monoisotopic (exact) mass is 285 g/mol. The number of esters is 1. The Kier molecular flexibility index (Phi) is 4.66. The van der Waals surface area contributed by atoms with Crippen molar-refractivity contribution in [2.75, 3.05) is 0 Å². The summed E-state index contributed by atoms with van der Waals surface area (Å²) in [6, 6.07) is 13.6. The summed E-state index contributed by atoms with van der Waals surface area (Å²) < 4.78 is 5.15. The maximum absolute atomic E-state index is 11.7. The fourth-order valence-corrected chi connectivity index (χ4v) is 1.80. The molecule has 2 rings (SSSR count). The van der Waals surface area contributed by atoms with Crippen LogP contribution in [0.15, 0.2) is 48.5 Å². The summed E-state index contributed by atoms with van der Waals surface area (Å²) in [5, 5.41) is 10.5. The summed E-state index contributed by atoms with van der Waals surface area (Å²) in [5.74, 6) is -0.322. The Morgan fingerprint density at radius 3 is 2.19 bits per heavy atom. The van der Waals surface area contributed by atoms with Crippen molar-refractivity contribution >= 4 is 11.7 Å². The van der Waals surface area contributed by atoms with Crippen LogP contribution in [-0.4, -0.2) is 10.9 Å². The van der Waals surface area contributed by atoms with Crippen LogP contribution in [0.2, 0.25) is 0 Å². The molecule has 0 unspecified atom stereocenters. The topological polar surface area (TPSA) is 69.4 Å². The smallest absolute Gasteiger partial charge is 0.310 e. The minimum atomic E-state index is -0.465. The number of carbonyl (C=O) groups is 1. The number of hydrogen-bond donors (Lipinski definition) is 0. The lowest BCUT2D eigenvalue weighted by Gasteiger charge is -2.05. The van der Waals surface area contributed by atoms with Gasteiger partial charge in [0.25, 0.3) is 5.69 Å². The molecule has 0 saturated heterocycles. The van der Waals surface area contributed by atoms with Crippen molar-refractivity contribution in [2.24, 2.45) is 0 Å². The van der Waals surface area contributed by atoms with Gasteiger partial charge in [-0.3, -0.25) is 14.9 Å². The number of nitro groups is 1. The summed E-state index contributed by atoms with van der Waals surface area (Å²) in [6.07, 6.45) is 0.216. The van der Waals surface area contributed by atoms with E-state index in [4.69, 9.17) is 4.74 Å². The highest BCUT2D eigenvalue weighted by atomic mass is 16.6. The van der Waals surface area contributed by atoms with Gasteiger partial charge in [-0.1, -0.05) is 29.8 Å². The average molecular weight is 285 g/mol. The molecule has 0 heterocycles. The van der Waals surface area contributed by atoms with E-state index in [2.05, 4.69) is 0 Å². The van der Waals surface area contributed by atoms with Crippen molar-refractivity contribution in [3.63, 3.8) is 0 Å². The van der Waals surface area contributed by atoms with E-state index >= 15 is 0 Å². The van der Waals surface area contributed by atoms with Gasteiger partial charge in [-0.2, -0.15) is 0 Å². The van der Waals surface area contributed by atoms with Gasteiger partial charge in [-0.15, -0.1) is 0 Å². The normalized spacial score (nSPS) is 10.1. The van der Waals surface area contributed by atoms with Crippen molar-refractivity contribution in [3.05, 3.63) is 75.3 Å². The molecule has 0 aliphatic rings. The van der Waals surface area contributed by atoms with Crippen molar-refractivity contribution < 1.29 is 14.5 Å². The first-order valence-electron chi connectivity index (χ1n) is 6.49. The highest BCUT2D eigenvalue weighted by Gasteiger charge is 2.07. The van der Waals surface area contributed by atoms with Gasteiger partial charge in [-0.25, -0.2) is 0 Å². The molecule has 0 aliphatic heterocycles. The predicted molar refractivity (Wildman–Crippen MR) is 77.8 cm³/mol. The van der Waals surface area contributed by atoms with Gasteiger partial charge in [0, 0.05) is 12.1 Å². The molecular weight excluding hydrogens is 270 g/mol. The number of carbonyl (C=O) groups excluding carboxylic acids is 1. The van der Waals surface area contributed by atoms with Crippen molar-refractivity contribution in [1.82, 2.24) is 0 Å². The SMILES string of the molecule is Cc1ccc(CC(=O)OCc2ccc([N+](=O)[O-])cc2)cc1. The van der Waals surface area contributed by atoms with Crippen LogP contribution in [0.25, 0.3) is 0 Å². The summed E-state index contributed by atoms with van der Waals surface area (Å²) in [4.78, 5) is 21.8. The second kappa shape index (κ2) is 6.65. The van der Waals surface area contributed by atoms with E-state index in [-0.39, 0.29) is 24.7 Å². The van der Waals surface area contributed by atoms with Gasteiger partial charge in [0.2, 0.25) is 0 Å². The van der Waals surface area contributed by atoms with Gasteiger partial charge in [-0.05, 0) is 30.2 Å². The molecule has 2 aromatic rings. The molecule has 0 bridgehead atoms. The highest BCUT2D eigenvalue weighted by molar-refractivity contribution is 5.72. The molecule has 0 atom stereocenters. The van der Waals surface area contributed by atoms with Gasteiger partial charge >= 0.3 is 5.97 Å². The quantitative estimate of drug-likeness (QED) is 0.480. The maximum atomic E-state index is 11.7. The first-order valence-corrected chi connectivity index (χ1v) is 6.49. The van der Waals surface area contributed by atoms with Crippen LogP contribution in [0.4, 0.5) is 5.69 Å². The Balaban J connectivity index is 1.86. The van der Waals surface area contributed by atoms with Crippen molar-refractivity contribution in [1.29, 1.82) is 0 Å². The van der Waals surface area contributed by atoms with Gasteiger partial charge in [0.1, 0.15) is 6.61 Å². The second-order valence-corrected chi connectivity index (χ2v) is 4.75. The first-order chi connectivity index (χ1) is 10.0. The molecular formula is C16H15NO4. The van der Waals surface area contributed by atoms with Gasteiger partial charge in [0.15, 0.2) is 0 Å². The summed E-state index contributed by atoms with van der Waals surface area (Å²) >= 11 is 0. The third-order valence-electron chi connectivity index (χ3n) is 3.02. The zero-order valence-corrected chi connectivity index (χ0v) is 11.6.